The minimum atomic E-state index is -1.05. The number of esters is 1. The smallest absolute Gasteiger partial charge is 0.350 e. The van der Waals surface area contributed by atoms with Crippen molar-refractivity contribution in [2.45, 2.75) is 45.3 Å². The van der Waals surface area contributed by atoms with Gasteiger partial charge in [-0.1, -0.05) is 55.3 Å². The molecular weight excluding hydrogens is 398 g/mol. The van der Waals surface area contributed by atoms with E-state index >= 15 is 0 Å². The number of benzene rings is 2. The number of nitrogens with zero attached hydrogens (tertiary/aromatic N) is 1. The van der Waals surface area contributed by atoms with Crippen LogP contribution in [0.1, 0.15) is 43.4 Å². The van der Waals surface area contributed by atoms with Crippen LogP contribution >= 0.6 is 11.6 Å². The van der Waals surface area contributed by atoms with Crippen LogP contribution in [-0.4, -0.2) is 16.6 Å². The first-order valence-electron chi connectivity index (χ1n) is 10.1. The maximum atomic E-state index is 12.8. The van der Waals surface area contributed by atoms with Gasteiger partial charge in [0.15, 0.2) is 0 Å². The van der Waals surface area contributed by atoms with Crippen LogP contribution in [-0.2, 0) is 22.6 Å². The Bertz CT molecular complexity index is 942. The molecule has 0 spiro atoms. The van der Waals surface area contributed by atoms with Crippen molar-refractivity contribution in [2.24, 2.45) is 0 Å². The van der Waals surface area contributed by atoms with Gasteiger partial charge in [0.1, 0.15) is 12.4 Å². The van der Waals surface area contributed by atoms with Gasteiger partial charge in [-0.05, 0) is 61.2 Å². The molecule has 4 nitrogen and oxygen atoms in total. The number of pyridine rings is 1. The molecule has 0 saturated carbocycles. The molecule has 3 rings (SSSR count). The minimum absolute atomic E-state index is 0.176. The van der Waals surface area contributed by atoms with Gasteiger partial charge in [-0.25, -0.2) is 4.79 Å². The van der Waals surface area contributed by atoms with Crippen molar-refractivity contribution in [1.82, 2.24) is 4.98 Å². The van der Waals surface area contributed by atoms with Crippen molar-refractivity contribution in [3.8, 4) is 5.75 Å². The molecule has 0 aliphatic rings. The Kier molecular flexibility index (Phi) is 7.47. The van der Waals surface area contributed by atoms with Gasteiger partial charge in [-0.3, -0.25) is 4.98 Å². The van der Waals surface area contributed by atoms with Gasteiger partial charge in [0.25, 0.3) is 0 Å². The van der Waals surface area contributed by atoms with Crippen LogP contribution in [0.2, 0.25) is 5.02 Å². The second-order valence-electron chi connectivity index (χ2n) is 7.47. The van der Waals surface area contributed by atoms with Crippen molar-refractivity contribution in [3.63, 3.8) is 0 Å². The Morgan fingerprint density at radius 1 is 1.00 bits per heavy atom. The predicted molar refractivity (Wildman–Crippen MR) is 119 cm³/mol. The highest BCUT2D eigenvalue weighted by atomic mass is 35.5. The fourth-order valence-electron chi connectivity index (χ4n) is 3.23. The standard InChI is InChI=1S/C25H26ClNO3/c1-3-14-25(2,24(28)29-18-21-5-4-15-27-17-21)30-23-12-8-20(9-13-23)16-19-6-10-22(26)11-7-19/h4-13,15,17H,3,14,16,18H2,1-2H3/t25-/m1/s1. The normalized spacial score (nSPS) is 12.8. The van der Waals surface area contributed by atoms with Crippen molar-refractivity contribution < 1.29 is 14.3 Å². The Morgan fingerprint density at radius 3 is 2.27 bits per heavy atom. The number of carbonyl (C=O) groups is 1. The van der Waals surface area contributed by atoms with Crippen LogP contribution in [0.25, 0.3) is 0 Å². The van der Waals surface area contributed by atoms with Crippen LogP contribution in [0, 0.1) is 0 Å². The molecule has 0 amide bonds. The summed E-state index contributed by atoms with van der Waals surface area (Å²) in [5, 5.41) is 0.730. The van der Waals surface area contributed by atoms with Crippen LogP contribution in [0.15, 0.2) is 73.1 Å². The average molecular weight is 424 g/mol. The molecule has 0 fully saturated rings. The second kappa shape index (κ2) is 10.3. The van der Waals surface area contributed by atoms with E-state index < -0.39 is 5.60 Å². The molecule has 1 heterocycles. The SMILES string of the molecule is CCC[C@@](C)(Oc1ccc(Cc2ccc(Cl)cc2)cc1)C(=O)OCc1cccnc1. The van der Waals surface area contributed by atoms with Crippen molar-refractivity contribution in [2.75, 3.05) is 0 Å². The molecule has 0 unspecified atom stereocenters. The molecule has 2 aromatic carbocycles. The van der Waals surface area contributed by atoms with Gasteiger partial charge in [0.05, 0.1) is 0 Å². The van der Waals surface area contributed by atoms with Crippen LogP contribution in [0.3, 0.4) is 0 Å². The molecule has 156 valence electrons. The van der Waals surface area contributed by atoms with E-state index in [4.69, 9.17) is 21.1 Å². The number of halogens is 1. The van der Waals surface area contributed by atoms with E-state index in [1.807, 2.05) is 67.6 Å². The number of rotatable bonds is 9. The third kappa shape index (κ3) is 6.07. The Hall–Kier alpha value is -2.85. The number of hydrogen-bond acceptors (Lipinski definition) is 4. The second-order valence-corrected chi connectivity index (χ2v) is 7.90. The van der Waals surface area contributed by atoms with E-state index in [2.05, 4.69) is 4.98 Å². The van der Waals surface area contributed by atoms with Gasteiger partial charge in [-0.15, -0.1) is 0 Å². The minimum Gasteiger partial charge on any atom is -0.476 e. The van der Waals surface area contributed by atoms with Gasteiger partial charge >= 0.3 is 5.97 Å². The highest BCUT2D eigenvalue weighted by Gasteiger charge is 2.36. The maximum absolute atomic E-state index is 12.8. The van der Waals surface area contributed by atoms with Gasteiger partial charge in [-0.2, -0.15) is 0 Å². The molecule has 5 heteroatoms. The van der Waals surface area contributed by atoms with E-state index in [0.717, 1.165) is 29.0 Å². The molecule has 1 aromatic heterocycles. The molecule has 0 aliphatic heterocycles. The van der Waals surface area contributed by atoms with Crippen LogP contribution in [0.4, 0.5) is 0 Å². The summed E-state index contributed by atoms with van der Waals surface area (Å²) in [7, 11) is 0. The monoisotopic (exact) mass is 423 g/mol. The van der Waals surface area contributed by atoms with Crippen molar-refractivity contribution in [1.29, 1.82) is 0 Å². The summed E-state index contributed by atoms with van der Waals surface area (Å²) in [5.41, 5.74) is 2.13. The molecule has 0 bridgehead atoms. The summed E-state index contributed by atoms with van der Waals surface area (Å²) in [6.45, 7) is 3.98. The summed E-state index contributed by atoms with van der Waals surface area (Å²) >= 11 is 5.95. The van der Waals surface area contributed by atoms with E-state index in [1.54, 1.807) is 19.3 Å². The third-order valence-electron chi connectivity index (χ3n) is 4.84. The maximum Gasteiger partial charge on any atom is 0.350 e. The first-order valence-corrected chi connectivity index (χ1v) is 10.4. The summed E-state index contributed by atoms with van der Waals surface area (Å²) in [4.78, 5) is 16.8. The zero-order valence-corrected chi connectivity index (χ0v) is 18.1. The number of carbonyl (C=O) groups excluding carboxylic acids is 1. The zero-order chi connectivity index (χ0) is 21.4. The summed E-state index contributed by atoms with van der Waals surface area (Å²) < 4.78 is 11.6. The molecule has 0 saturated heterocycles. The summed E-state index contributed by atoms with van der Waals surface area (Å²) in [6, 6.07) is 19.3. The van der Waals surface area contributed by atoms with Crippen LogP contribution < -0.4 is 4.74 Å². The molecule has 0 aliphatic carbocycles. The van der Waals surface area contributed by atoms with E-state index in [9.17, 15) is 4.79 Å². The first kappa shape index (κ1) is 21.8. The van der Waals surface area contributed by atoms with Gasteiger partial charge in [0.2, 0.25) is 5.60 Å². The average Bonchev–Trinajstić information content (AvgIpc) is 2.76. The summed E-state index contributed by atoms with van der Waals surface area (Å²) in [6.07, 6.45) is 5.53. The zero-order valence-electron chi connectivity index (χ0n) is 17.3. The fourth-order valence-corrected chi connectivity index (χ4v) is 3.36. The highest BCUT2D eigenvalue weighted by Crippen LogP contribution is 2.26. The first-order chi connectivity index (χ1) is 14.5. The van der Waals surface area contributed by atoms with E-state index in [-0.39, 0.29) is 12.6 Å². The third-order valence-corrected chi connectivity index (χ3v) is 5.09. The number of aromatic nitrogens is 1. The lowest BCUT2D eigenvalue weighted by Gasteiger charge is -2.28. The van der Waals surface area contributed by atoms with Crippen LogP contribution in [0.5, 0.6) is 5.75 Å². The fraction of sp³-hybridized carbons (Fsp3) is 0.280. The Labute approximate surface area is 182 Å². The number of hydrogen-bond donors (Lipinski definition) is 0. The Morgan fingerprint density at radius 2 is 1.67 bits per heavy atom. The molecule has 3 aromatic rings. The lowest BCUT2D eigenvalue weighted by molar-refractivity contribution is -0.163. The lowest BCUT2D eigenvalue weighted by Crippen LogP contribution is -2.42. The van der Waals surface area contributed by atoms with Gasteiger partial charge in [0, 0.05) is 23.0 Å². The molecular formula is C25H26ClNO3. The van der Waals surface area contributed by atoms with E-state index in [1.165, 1.54) is 5.56 Å². The Balaban J connectivity index is 1.64. The predicted octanol–water partition coefficient (Wildman–Crippen LogP) is 6.01. The number of ether oxygens (including phenoxy) is 2. The topological polar surface area (TPSA) is 48.4 Å². The highest BCUT2D eigenvalue weighted by molar-refractivity contribution is 6.30. The lowest BCUT2D eigenvalue weighted by atomic mass is 10.00. The molecule has 1 atom stereocenters. The molecule has 0 N–H and O–H groups in total. The largest absolute Gasteiger partial charge is 0.476 e. The van der Waals surface area contributed by atoms with Crippen molar-refractivity contribution >= 4 is 17.6 Å². The molecule has 30 heavy (non-hydrogen) atoms. The molecule has 0 radical (unpaired) electrons. The van der Waals surface area contributed by atoms with Crippen molar-refractivity contribution in [3.05, 3.63) is 94.8 Å². The quantitative estimate of drug-likeness (QED) is 0.395. The summed E-state index contributed by atoms with van der Waals surface area (Å²) in [5.74, 6) is 0.266. The van der Waals surface area contributed by atoms with Gasteiger partial charge < -0.3 is 9.47 Å². The van der Waals surface area contributed by atoms with E-state index in [0.29, 0.717) is 12.2 Å².